The van der Waals surface area contributed by atoms with Crippen LogP contribution in [0.5, 0.6) is 0 Å². The number of anilines is 1. The van der Waals surface area contributed by atoms with Crippen LogP contribution in [0.25, 0.3) is 22.6 Å². The Labute approximate surface area is 162 Å². The summed E-state index contributed by atoms with van der Waals surface area (Å²) in [6.07, 6.45) is 5.08. The normalized spacial score (nSPS) is 14.1. The van der Waals surface area contributed by atoms with E-state index in [1.807, 2.05) is 37.3 Å². The van der Waals surface area contributed by atoms with Gasteiger partial charge in [-0.3, -0.25) is 9.78 Å². The summed E-state index contributed by atoms with van der Waals surface area (Å²) in [6, 6.07) is 11.8. The van der Waals surface area contributed by atoms with Gasteiger partial charge in [0.05, 0.1) is 17.0 Å². The third-order valence-electron chi connectivity index (χ3n) is 4.49. The number of nitrogens with one attached hydrogen (secondary N) is 1. The van der Waals surface area contributed by atoms with Crippen LogP contribution in [-0.4, -0.2) is 31.7 Å². The lowest BCUT2D eigenvalue weighted by atomic mass is 10.1. The lowest BCUT2D eigenvalue weighted by molar-refractivity contribution is -0.112. The highest BCUT2D eigenvalue weighted by Gasteiger charge is 2.23. The van der Waals surface area contributed by atoms with Crippen LogP contribution < -0.4 is 16.8 Å². The Balaban J connectivity index is 1.82. The quantitative estimate of drug-likeness (QED) is 0.566. The molecule has 0 spiro atoms. The lowest BCUT2D eigenvalue weighted by Gasteiger charge is -2.09. The van der Waals surface area contributed by atoms with Crippen molar-refractivity contribution < 1.29 is 4.79 Å². The Morgan fingerprint density at radius 2 is 2.11 bits per heavy atom. The van der Waals surface area contributed by atoms with E-state index in [-0.39, 0.29) is 5.57 Å². The molecule has 0 bridgehead atoms. The van der Waals surface area contributed by atoms with Gasteiger partial charge in [0, 0.05) is 35.8 Å². The van der Waals surface area contributed by atoms with E-state index in [0.29, 0.717) is 17.6 Å². The number of carbonyl (C=O) groups excluding carboxylic acids is 1. The molecule has 1 saturated carbocycles. The molecule has 0 radical (unpaired) electrons. The van der Waals surface area contributed by atoms with Gasteiger partial charge in [-0.1, -0.05) is 6.07 Å². The van der Waals surface area contributed by atoms with Crippen molar-refractivity contribution in [1.29, 1.82) is 0 Å². The van der Waals surface area contributed by atoms with E-state index in [9.17, 15) is 4.79 Å². The topological polar surface area (TPSA) is 125 Å². The minimum absolute atomic E-state index is 0.165. The summed E-state index contributed by atoms with van der Waals surface area (Å²) in [7, 11) is 0. The highest BCUT2D eigenvalue weighted by atomic mass is 16.1. The Bertz CT molecular complexity index is 1070. The zero-order valence-corrected chi connectivity index (χ0v) is 15.5. The number of hydrogen-bond donors (Lipinski definition) is 3. The number of amides is 1. The molecule has 5 N–H and O–H groups in total. The van der Waals surface area contributed by atoms with Crippen molar-refractivity contribution in [2.45, 2.75) is 25.8 Å². The number of carbonyl (C=O) groups is 1. The smallest absolute Gasteiger partial charge is 0.252 e. The predicted molar refractivity (Wildman–Crippen MR) is 107 cm³/mol. The second kappa shape index (κ2) is 7.15. The predicted octanol–water partition coefficient (Wildman–Crippen LogP) is 2.00. The molecule has 0 unspecified atom stereocenters. The van der Waals surface area contributed by atoms with Crippen LogP contribution in [0, 0.1) is 6.92 Å². The average Bonchev–Trinajstić information content (AvgIpc) is 3.38. The van der Waals surface area contributed by atoms with E-state index in [4.69, 9.17) is 16.6 Å². The van der Waals surface area contributed by atoms with E-state index in [0.717, 1.165) is 35.6 Å². The number of nitrogens with two attached hydrogens (primary N) is 2. The van der Waals surface area contributed by atoms with Crippen molar-refractivity contribution in [2.75, 3.05) is 5.32 Å². The maximum absolute atomic E-state index is 11.6. The van der Waals surface area contributed by atoms with Crippen molar-refractivity contribution in [3.8, 4) is 17.1 Å². The first-order chi connectivity index (χ1) is 13.5. The van der Waals surface area contributed by atoms with E-state index >= 15 is 0 Å². The van der Waals surface area contributed by atoms with Gasteiger partial charge in [-0.15, -0.1) is 5.10 Å². The Hall–Kier alpha value is -3.68. The van der Waals surface area contributed by atoms with Gasteiger partial charge in [-0.2, -0.15) is 0 Å². The van der Waals surface area contributed by atoms with Crippen LogP contribution in [0.1, 0.15) is 24.2 Å². The van der Waals surface area contributed by atoms with Gasteiger partial charge in [-0.05, 0) is 44.0 Å². The standard InChI is InChI=1S/C20H21N7O/c1-12-3-2-4-19(24-12)27-17(10-18(26-27)25-14-5-6-14)13-7-8-23-16(9-13)15(11-21)20(22)28/h2-4,7-11,14H,5-6,21H2,1H3,(H2,22,28)(H,25,26). The molecule has 1 fully saturated rings. The molecule has 0 aliphatic heterocycles. The monoisotopic (exact) mass is 375 g/mol. The minimum Gasteiger partial charge on any atom is -0.404 e. The fourth-order valence-electron chi connectivity index (χ4n) is 2.95. The molecule has 3 heterocycles. The van der Waals surface area contributed by atoms with Gasteiger partial charge in [0.2, 0.25) is 0 Å². The first-order valence-electron chi connectivity index (χ1n) is 9.04. The van der Waals surface area contributed by atoms with Gasteiger partial charge in [0.1, 0.15) is 5.82 Å². The number of nitrogens with zero attached hydrogens (tertiary/aromatic N) is 4. The van der Waals surface area contributed by atoms with Gasteiger partial charge < -0.3 is 16.8 Å². The third-order valence-corrected chi connectivity index (χ3v) is 4.49. The van der Waals surface area contributed by atoms with Crippen molar-refractivity contribution in [3.05, 3.63) is 60.2 Å². The zero-order valence-electron chi connectivity index (χ0n) is 15.5. The molecular formula is C20H21N7O. The van der Waals surface area contributed by atoms with Crippen LogP contribution in [0.4, 0.5) is 5.82 Å². The molecule has 142 valence electrons. The summed E-state index contributed by atoms with van der Waals surface area (Å²) < 4.78 is 1.78. The fourth-order valence-corrected chi connectivity index (χ4v) is 2.95. The average molecular weight is 375 g/mol. The number of rotatable bonds is 6. The van der Waals surface area contributed by atoms with Crippen molar-refractivity contribution in [1.82, 2.24) is 19.7 Å². The van der Waals surface area contributed by atoms with Gasteiger partial charge in [0.25, 0.3) is 5.91 Å². The Kier molecular flexibility index (Phi) is 4.52. The summed E-state index contributed by atoms with van der Waals surface area (Å²) in [5, 5.41) is 8.12. The first-order valence-corrected chi connectivity index (χ1v) is 9.04. The number of aryl methyl sites for hydroxylation is 1. The molecule has 3 aromatic rings. The maximum atomic E-state index is 11.6. The highest BCUT2D eigenvalue weighted by Crippen LogP contribution is 2.30. The summed E-state index contributed by atoms with van der Waals surface area (Å²) in [5.41, 5.74) is 14.1. The molecule has 4 rings (SSSR count). The Morgan fingerprint density at radius 1 is 1.29 bits per heavy atom. The van der Waals surface area contributed by atoms with Crippen LogP contribution in [0.3, 0.4) is 0 Å². The molecule has 8 heteroatoms. The lowest BCUT2D eigenvalue weighted by Crippen LogP contribution is -2.15. The Morgan fingerprint density at radius 3 is 2.79 bits per heavy atom. The first kappa shape index (κ1) is 17.7. The van der Waals surface area contributed by atoms with Crippen LogP contribution in [0.15, 0.2) is 48.8 Å². The molecule has 1 amide bonds. The number of hydrogen-bond acceptors (Lipinski definition) is 6. The minimum atomic E-state index is -0.628. The molecule has 0 atom stereocenters. The van der Waals surface area contributed by atoms with Crippen LogP contribution in [0.2, 0.25) is 0 Å². The molecule has 28 heavy (non-hydrogen) atoms. The van der Waals surface area contributed by atoms with Gasteiger partial charge >= 0.3 is 0 Å². The highest BCUT2D eigenvalue weighted by molar-refractivity contribution is 6.18. The van der Waals surface area contributed by atoms with E-state index in [1.165, 1.54) is 6.20 Å². The molecule has 0 saturated heterocycles. The van der Waals surface area contributed by atoms with Crippen LogP contribution in [-0.2, 0) is 4.79 Å². The molecule has 8 nitrogen and oxygen atoms in total. The maximum Gasteiger partial charge on any atom is 0.252 e. The van der Waals surface area contributed by atoms with Crippen molar-refractivity contribution >= 4 is 17.3 Å². The van der Waals surface area contributed by atoms with Gasteiger partial charge in [0.15, 0.2) is 5.82 Å². The molecule has 0 aromatic carbocycles. The van der Waals surface area contributed by atoms with E-state index < -0.39 is 5.91 Å². The van der Waals surface area contributed by atoms with Crippen molar-refractivity contribution in [3.63, 3.8) is 0 Å². The molecule has 3 aromatic heterocycles. The fraction of sp³-hybridized carbons (Fsp3) is 0.200. The summed E-state index contributed by atoms with van der Waals surface area (Å²) in [4.78, 5) is 20.5. The van der Waals surface area contributed by atoms with Crippen molar-refractivity contribution in [2.24, 2.45) is 11.5 Å². The molecule has 1 aliphatic carbocycles. The number of pyridine rings is 2. The van der Waals surface area contributed by atoms with Crippen LogP contribution >= 0.6 is 0 Å². The third kappa shape index (κ3) is 3.57. The second-order valence-electron chi connectivity index (χ2n) is 6.76. The summed E-state index contributed by atoms with van der Waals surface area (Å²) in [6.45, 7) is 1.94. The number of aromatic nitrogens is 4. The zero-order chi connectivity index (χ0) is 19.7. The summed E-state index contributed by atoms with van der Waals surface area (Å²) >= 11 is 0. The summed E-state index contributed by atoms with van der Waals surface area (Å²) in [5.74, 6) is 0.863. The van der Waals surface area contributed by atoms with E-state index in [2.05, 4.69) is 15.3 Å². The molecule has 1 aliphatic rings. The van der Waals surface area contributed by atoms with E-state index in [1.54, 1.807) is 16.9 Å². The largest absolute Gasteiger partial charge is 0.404 e. The SMILES string of the molecule is Cc1cccc(-n2nc(NC3CC3)cc2-c2ccnc(C(=CN)C(N)=O)c2)n1. The second-order valence-corrected chi connectivity index (χ2v) is 6.76. The van der Waals surface area contributed by atoms with Gasteiger partial charge in [-0.25, -0.2) is 9.67 Å². The number of primary amides is 1. The molecular weight excluding hydrogens is 354 g/mol.